The second-order valence-electron chi connectivity index (χ2n) is 4.63. The number of hydrogen-bond donors (Lipinski definition) is 2. The van der Waals surface area contributed by atoms with Gasteiger partial charge in [-0.2, -0.15) is 0 Å². The van der Waals surface area contributed by atoms with Crippen LogP contribution in [-0.4, -0.2) is 29.6 Å². The van der Waals surface area contributed by atoms with Gasteiger partial charge in [0.1, 0.15) is 5.82 Å². The van der Waals surface area contributed by atoms with Crippen molar-refractivity contribution < 1.29 is 9.18 Å². The first-order valence-electron chi connectivity index (χ1n) is 6.11. The molecule has 1 fully saturated rings. The average Bonchev–Trinajstić information content (AvgIpc) is 2.87. The third-order valence-electron chi connectivity index (χ3n) is 2.95. The smallest absolute Gasteiger partial charge is 0.238 e. The molecule has 1 aliphatic rings. The van der Waals surface area contributed by atoms with Gasteiger partial charge in [0, 0.05) is 17.7 Å². The molecule has 0 unspecified atom stereocenters. The molecule has 0 aromatic heterocycles. The lowest BCUT2D eigenvalue weighted by Crippen LogP contribution is -2.46. The minimum Gasteiger partial charge on any atom is -0.352 e. The second-order valence-corrected chi connectivity index (χ2v) is 6.52. The van der Waals surface area contributed by atoms with Gasteiger partial charge in [0.2, 0.25) is 5.91 Å². The van der Waals surface area contributed by atoms with Gasteiger partial charge >= 0.3 is 0 Å². The largest absolute Gasteiger partial charge is 0.352 e. The van der Waals surface area contributed by atoms with Crippen LogP contribution in [-0.2, 0) is 11.2 Å². The fourth-order valence-electron chi connectivity index (χ4n) is 1.98. The molecule has 2 N–H and O–H groups in total. The molecule has 0 aliphatic carbocycles. The lowest BCUT2D eigenvalue weighted by atomic mass is 10.1. The van der Waals surface area contributed by atoms with E-state index in [1.165, 1.54) is 6.07 Å². The Bertz CT molecular complexity index is 466. The van der Waals surface area contributed by atoms with E-state index in [-0.39, 0.29) is 23.8 Å². The van der Waals surface area contributed by atoms with Gasteiger partial charge in [0.15, 0.2) is 0 Å². The van der Waals surface area contributed by atoms with Gasteiger partial charge in [-0.05, 0) is 47.0 Å². The van der Waals surface area contributed by atoms with Crippen LogP contribution in [0.15, 0.2) is 22.7 Å². The standard InChI is InChI=1S/C13H16BrFN2OS/c1-8(17-13(18)12-6-19-7-16-12)4-9-2-3-11(15)10(14)5-9/h2-3,5,8,12,16H,4,6-7H2,1H3,(H,17,18)/t8-,12-/m1/s1. The number of halogens is 2. The zero-order valence-corrected chi connectivity index (χ0v) is 13.0. The summed E-state index contributed by atoms with van der Waals surface area (Å²) in [6.45, 7) is 1.96. The molecule has 2 rings (SSSR count). The van der Waals surface area contributed by atoms with E-state index in [9.17, 15) is 9.18 Å². The molecular formula is C13H16BrFN2OS. The van der Waals surface area contributed by atoms with E-state index in [1.54, 1.807) is 23.9 Å². The molecule has 3 nitrogen and oxygen atoms in total. The van der Waals surface area contributed by atoms with Crippen molar-refractivity contribution in [1.82, 2.24) is 10.6 Å². The molecule has 2 atom stereocenters. The first-order valence-corrected chi connectivity index (χ1v) is 8.06. The van der Waals surface area contributed by atoms with Crippen LogP contribution in [0, 0.1) is 5.82 Å². The first kappa shape index (κ1) is 14.8. The van der Waals surface area contributed by atoms with Gasteiger partial charge in [-0.1, -0.05) is 6.07 Å². The lowest BCUT2D eigenvalue weighted by Gasteiger charge is -2.17. The van der Waals surface area contributed by atoms with Crippen LogP contribution in [0.4, 0.5) is 4.39 Å². The Kier molecular flexibility index (Phi) is 5.24. The molecular weight excluding hydrogens is 331 g/mol. The number of carbonyl (C=O) groups excluding carboxylic acids is 1. The predicted octanol–water partition coefficient (Wildman–Crippen LogP) is 2.30. The molecule has 6 heteroatoms. The zero-order valence-electron chi connectivity index (χ0n) is 10.6. The number of thioether (sulfide) groups is 1. The molecule has 1 aromatic carbocycles. The Labute approximate surface area is 124 Å². The molecule has 1 amide bonds. The summed E-state index contributed by atoms with van der Waals surface area (Å²) in [4.78, 5) is 11.9. The number of carbonyl (C=O) groups is 1. The minimum atomic E-state index is -0.271. The quantitative estimate of drug-likeness (QED) is 0.878. The highest BCUT2D eigenvalue weighted by Crippen LogP contribution is 2.18. The van der Waals surface area contributed by atoms with Crippen LogP contribution in [0.2, 0.25) is 0 Å². The second kappa shape index (κ2) is 6.72. The van der Waals surface area contributed by atoms with Crippen LogP contribution in [0.1, 0.15) is 12.5 Å². The normalized spacial score (nSPS) is 20.3. The van der Waals surface area contributed by atoms with Crippen molar-refractivity contribution in [1.29, 1.82) is 0 Å². The molecule has 1 saturated heterocycles. The van der Waals surface area contributed by atoms with Crippen LogP contribution in [0.25, 0.3) is 0 Å². The van der Waals surface area contributed by atoms with Crippen molar-refractivity contribution >= 4 is 33.6 Å². The van der Waals surface area contributed by atoms with Crippen molar-refractivity contribution in [3.05, 3.63) is 34.1 Å². The molecule has 0 bridgehead atoms. The third kappa shape index (κ3) is 4.19. The first-order chi connectivity index (χ1) is 9.06. The van der Waals surface area contributed by atoms with Gasteiger partial charge in [-0.25, -0.2) is 4.39 Å². The lowest BCUT2D eigenvalue weighted by molar-refractivity contribution is -0.123. The summed E-state index contributed by atoms with van der Waals surface area (Å²) in [6.07, 6.45) is 0.685. The molecule has 1 heterocycles. The summed E-state index contributed by atoms with van der Waals surface area (Å²) in [7, 11) is 0. The van der Waals surface area contributed by atoms with E-state index >= 15 is 0 Å². The molecule has 0 saturated carbocycles. The zero-order chi connectivity index (χ0) is 13.8. The van der Waals surface area contributed by atoms with Crippen molar-refractivity contribution in [3.63, 3.8) is 0 Å². The van der Waals surface area contributed by atoms with Gasteiger partial charge in [-0.15, -0.1) is 11.8 Å². The maximum atomic E-state index is 13.1. The monoisotopic (exact) mass is 346 g/mol. The van der Waals surface area contributed by atoms with E-state index in [0.717, 1.165) is 17.2 Å². The topological polar surface area (TPSA) is 41.1 Å². The van der Waals surface area contributed by atoms with Gasteiger partial charge < -0.3 is 5.32 Å². The molecule has 1 aliphatic heterocycles. The Balaban J connectivity index is 1.87. The maximum Gasteiger partial charge on any atom is 0.238 e. The van der Waals surface area contributed by atoms with Crippen LogP contribution in [0.3, 0.4) is 0 Å². The summed E-state index contributed by atoms with van der Waals surface area (Å²) in [5.74, 6) is 1.42. The van der Waals surface area contributed by atoms with Crippen molar-refractivity contribution in [2.75, 3.05) is 11.6 Å². The number of rotatable bonds is 4. The van der Waals surface area contributed by atoms with Crippen LogP contribution >= 0.6 is 27.7 Å². The van der Waals surface area contributed by atoms with Gasteiger partial charge in [0.05, 0.1) is 10.5 Å². The Morgan fingerprint density at radius 2 is 2.47 bits per heavy atom. The van der Waals surface area contributed by atoms with Crippen molar-refractivity contribution in [2.45, 2.75) is 25.4 Å². The van der Waals surface area contributed by atoms with Gasteiger partial charge in [0.25, 0.3) is 0 Å². The number of amides is 1. The molecule has 0 spiro atoms. The summed E-state index contributed by atoms with van der Waals surface area (Å²) < 4.78 is 13.6. The SMILES string of the molecule is C[C@H](Cc1ccc(F)c(Br)c1)NC(=O)[C@H]1CSCN1. The molecule has 0 radical (unpaired) electrons. The molecule has 19 heavy (non-hydrogen) atoms. The maximum absolute atomic E-state index is 13.1. The Hall–Kier alpha value is -0.590. The highest BCUT2D eigenvalue weighted by atomic mass is 79.9. The van der Waals surface area contributed by atoms with Crippen LogP contribution < -0.4 is 10.6 Å². The minimum absolute atomic E-state index is 0.0252. The van der Waals surface area contributed by atoms with E-state index in [2.05, 4.69) is 26.6 Å². The number of benzene rings is 1. The fraction of sp³-hybridized carbons (Fsp3) is 0.462. The molecule has 104 valence electrons. The highest BCUT2D eigenvalue weighted by molar-refractivity contribution is 9.10. The summed E-state index contributed by atoms with van der Waals surface area (Å²) in [5, 5.41) is 6.12. The Morgan fingerprint density at radius 3 is 3.11 bits per heavy atom. The average molecular weight is 347 g/mol. The summed E-state index contributed by atoms with van der Waals surface area (Å²) in [6, 6.07) is 4.86. The Morgan fingerprint density at radius 1 is 1.68 bits per heavy atom. The fourth-order valence-corrected chi connectivity index (χ4v) is 3.35. The summed E-state index contributed by atoms with van der Waals surface area (Å²) in [5.41, 5.74) is 0.995. The number of hydrogen-bond acceptors (Lipinski definition) is 3. The van der Waals surface area contributed by atoms with Crippen molar-refractivity contribution in [3.8, 4) is 0 Å². The van der Waals surface area contributed by atoms with E-state index in [4.69, 9.17) is 0 Å². The van der Waals surface area contributed by atoms with E-state index in [1.807, 2.05) is 6.92 Å². The number of nitrogens with one attached hydrogen (secondary N) is 2. The van der Waals surface area contributed by atoms with E-state index < -0.39 is 0 Å². The predicted molar refractivity (Wildman–Crippen MR) is 79.7 cm³/mol. The van der Waals surface area contributed by atoms with Crippen molar-refractivity contribution in [2.24, 2.45) is 0 Å². The van der Waals surface area contributed by atoms with E-state index in [0.29, 0.717) is 10.9 Å². The molecule has 1 aromatic rings. The van der Waals surface area contributed by atoms with Gasteiger partial charge in [-0.3, -0.25) is 10.1 Å². The summed E-state index contributed by atoms with van der Waals surface area (Å²) >= 11 is 4.89. The van der Waals surface area contributed by atoms with Crippen LogP contribution in [0.5, 0.6) is 0 Å². The third-order valence-corrected chi connectivity index (χ3v) is 4.49. The highest BCUT2D eigenvalue weighted by Gasteiger charge is 2.23.